The van der Waals surface area contributed by atoms with Gasteiger partial charge >= 0.3 is 0 Å². The minimum absolute atomic E-state index is 0.103. The molecule has 6 nitrogen and oxygen atoms in total. The maximum Gasteiger partial charge on any atom is 0.191 e. The second kappa shape index (κ2) is 6.42. The Bertz CT molecular complexity index is 496. The van der Waals surface area contributed by atoms with Gasteiger partial charge in [-0.1, -0.05) is 18.3 Å². The molecule has 1 aromatic rings. The fraction of sp³-hybridized carbons (Fsp3) is 0.500. The second-order valence-electron chi connectivity index (χ2n) is 4.32. The first kappa shape index (κ1) is 13.7. The number of tetrazole rings is 1. The van der Waals surface area contributed by atoms with E-state index in [9.17, 15) is 0 Å². The molecule has 19 heavy (non-hydrogen) atoms. The Morgan fingerprint density at radius 2 is 2.37 bits per heavy atom. The van der Waals surface area contributed by atoms with Crippen molar-refractivity contribution in [2.24, 2.45) is 7.05 Å². The van der Waals surface area contributed by atoms with E-state index >= 15 is 0 Å². The van der Waals surface area contributed by atoms with Crippen LogP contribution in [0, 0.1) is 0 Å². The fourth-order valence-electron chi connectivity index (χ4n) is 1.77. The minimum Gasteiger partial charge on any atom is -0.475 e. The number of nitrogens with zero attached hydrogens (tertiary/aromatic N) is 5. The van der Waals surface area contributed by atoms with E-state index in [0.29, 0.717) is 0 Å². The summed E-state index contributed by atoms with van der Waals surface area (Å²) < 4.78 is 7.15. The lowest BCUT2D eigenvalue weighted by Gasteiger charge is -2.28. The SMILES string of the molecule is CN(C(=S)CCCc1nnnn1C)C1C=CC=CO1. The lowest BCUT2D eigenvalue weighted by molar-refractivity contribution is 0.0895. The highest BCUT2D eigenvalue weighted by Crippen LogP contribution is 2.11. The van der Waals surface area contributed by atoms with Gasteiger partial charge in [0.2, 0.25) is 0 Å². The summed E-state index contributed by atoms with van der Waals surface area (Å²) in [6.07, 6.45) is 9.91. The van der Waals surface area contributed by atoms with Crippen LogP contribution in [0.1, 0.15) is 18.7 Å². The van der Waals surface area contributed by atoms with Crippen LogP contribution in [0.15, 0.2) is 24.5 Å². The quantitative estimate of drug-likeness (QED) is 0.755. The lowest BCUT2D eigenvalue weighted by Crippen LogP contribution is -2.36. The van der Waals surface area contributed by atoms with Crippen LogP contribution in [-0.2, 0) is 18.2 Å². The van der Waals surface area contributed by atoms with Crippen molar-refractivity contribution in [1.82, 2.24) is 25.1 Å². The Hall–Kier alpha value is -1.76. The normalized spacial score (nSPS) is 17.3. The van der Waals surface area contributed by atoms with Crippen molar-refractivity contribution in [1.29, 1.82) is 0 Å². The Labute approximate surface area is 117 Å². The Morgan fingerprint density at radius 1 is 1.53 bits per heavy atom. The van der Waals surface area contributed by atoms with Gasteiger partial charge in [0.05, 0.1) is 11.3 Å². The highest BCUT2D eigenvalue weighted by Gasteiger charge is 2.15. The molecule has 0 fully saturated rings. The zero-order chi connectivity index (χ0) is 13.7. The molecule has 2 rings (SSSR count). The van der Waals surface area contributed by atoms with Gasteiger partial charge in [0.15, 0.2) is 12.1 Å². The molecule has 0 aromatic carbocycles. The van der Waals surface area contributed by atoms with Gasteiger partial charge < -0.3 is 9.64 Å². The van der Waals surface area contributed by atoms with Crippen molar-refractivity contribution >= 4 is 17.2 Å². The summed E-state index contributed by atoms with van der Waals surface area (Å²) >= 11 is 5.41. The topological polar surface area (TPSA) is 56.1 Å². The van der Waals surface area contributed by atoms with Crippen molar-refractivity contribution in [3.05, 3.63) is 30.3 Å². The summed E-state index contributed by atoms with van der Waals surface area (Å²) in [6, 6.07) is 0. The zero-order valence-electron chi connectivity index (χ0n) is 11.1. The summed E-state index contributed by atoms with van der Waals surface area (Å²) in [4.78, 5) is 2.84. The van der Waals surface area contributed by atoms with Gasteiger partial charge in [-0.05, 0) is 35.4 Å². The predicted octanol–water partition coefficient (Wildman–Crippen LogP) is 1.22. The van der Waals surface area contributed by atoms with E-state index in [1.165, 1.54) is 0 Å². The third kappa shape index (κ3) is 3.60. The van der Waals surface area contributed by atoms with E-state index in [1.54, 1.807) is 10.9 Å². The van der Waals surface area contributed by atoms with Gasteiger partial charge in [0, 0.05) is 20.5 Å². The van der Waals surface area contributed by atoms with Crippen LogP contribution >= 0.6 is 12.2 Å². The molecule has 0 N–H and O–H groups in total. The van der Waals surface area contributed by atoms with Crippen molar-refractivity contribution in [3.8, 4) is 0 Å². The van der Waals surface area contributed by atoms with Crippen LogP contribution in [0.5, 0.6) is 0 Å². The Kier molecular flexibility index (Phi) is 4.62. The summed E-state index contributed by atoms with van der Waals surface area (Å²) in [7, 11) is 3.78. The Balaban J connectivity index is 1.76. The largest absolute Gasteiger partial charge is 0.475 e. The molecule has 1 aromatic heterocycles. The second-order valence-corrected chi connectivity index (χ2v) is 4.79. The molecule has 1 aliphatic heterocycles. The molecule has 1 aliphatic rings. The number of hydrogen-bond acceptors (Lipinski definition) is 5. The van der Waals surface area contributed by atoms with E-state index in [0.717, 1.165) is 30.1 Å². The molecule has 0 spiro atoms. The molecule has 1 unspecified atom stereocenters. The highest BCUT2D eigenvalue weighted by molar-refractivity contribution is 7.80. The summed E-state index contributed by atoms with van der Waals surface area (Å²) in [6.45, 7) is 0. The van der Waals surface area contributed by atoms with E-state index in [2.05, 4.69) is 15.5 Å². The van der Waals surface area contributed by atoms with Crippen LogP contribution in [0.4, 0.5) is 0 Å². The number of aryl methyl sites for hydroxylation is 2. The molecule has 0 saturated carbocycles. The molecule has 0 saturated heterocycles. The molecular weight excluding hydrogens is 262 g/mol. The molecule has 0 radical (unpaired) electrons. The van der Waals surface area contributed by atoms with E-state index in [1.807, 2.05) is 37.2 Å². The maximum absolute atomic E-state index is 5.47. The third-order valence-electron chi connectivity index (χ3n) is 2.96. The maximum atomic E-state index is 5.47. The molecule has 2 heterocycles. The van der Waals surface area contributed by atoms with E-state index < -0.39 is 0 Å². The van der Waals surface area contributed by atoms with Gasteiger partial charge in [-0.25, -0.2) is 4.68 Å². The Morgan fingerprint density at radius 3 is 3.00 bits per heavy atom. The summed E-state index contributed by atoms with van der Waals surface area (Å²) in [5, 5.41) is 11.4. The van der Waals surface area contributed by atoms with Crippen LogP contribution < -0.4 is 0 Å². The number of thiocarbonyl (C=S) groups is 1. The van der Waals surface area contributed by atoms with Crippen molar-refractivity contribution in [2.45, 2.75) is 25.5 Å². The van der Waals surface area contributed by atoms with Crippen LogP contribution in [0.2, 0.25) is 0 Å². The van der Waals surface area contributed by atoms with Gasteiger partial charge in [0.25, 0.3) is 0 Å². The zero-order valence-corrected chi connectivity index (χ0v) is 11.9. The summed E-state index contributed by atoms with van der Waals surface area (Å²) in [5.41, 5.74) is 0. The van der Waals surface area contributed by atoms with Crippen LogP contribution in [0.3, 0.4) is 0 Å². The lowest BCUT2D eigenvalue weighted by atomic mass is 10.2. The number of rotatable bonds is 5. The van der Waals surface area contributed by atoms with Crippen molar-refractivity contribution in [3.63, 3.8) is 0 Å². The molecule has 0 bridgehead atoms. The number of aromatic nitrogens is 4. The standard InChI is InChI=1S/C12H17N5OS/c1-16(11-7-3-4-9-18-11)12(19)8-5-6-10-13-14-15-17(10)2/h3-4,7,9,11H,5-6,8H2,1-2H3. The predicted molar refractivity (Wildman–Crippen MR) is 75.3 cm³/mol. The molecule has 7 heteroatoms. The molecule has 1 atom stereocenters. The van der Waals surface area contributed by atoms with Crippen molar-refractivity contribution in [2.75, 3.05) is 7.05 Å². The number of allylic oxidation sites excluding steroid dienone is 2. The first-order chi connectivity index (χ1) is 9.18. The van der Waals surface area contributed by atoms with Gasteiger partial charge in [-0.15, -0.1) is 5.10 Å². The van der Waals surface area contributed by atoms with E-state index in [4.69, 9.17) is 17.0 Å². The number of hydrogen-bond donors (Lipinski definition) is 0. The summed E-state index contributed by atoms with van der Waals surface area (Å²) in [5.74, 6) is 0.877. The minimum atomic E-state index is -0.103. The molecule has 0 aliphatic carbocycles. The average molecular weight is 279 g/mol. The van der Waals surface area contributed by atoms with Gasteiger partial charge in [-0.3, -0.25) is 0 Å². The fourth-order valence-corrected chi connectivity index (χ4v) is 2.02. The van der Waals surface area contributed by atoms with Crippen molar-refractivity contribution < 1.29 is 4.74 Å². The third-order valence-corrected chi connectivity index (χ3v) is 3.45. The number of likely N-dealkylation sites (N-methyl/N-ethyl adjacent to an activating group) is 1. The molecule has 102 valence electrons. The highest BCUT2D eigenvalue weighted by atomic mass is 32.1. The van der Waals surface area contributed by atoms with Crippen LogP contribution in [-0.4, -0.2) is 43.4 Å². The first-order valence-corrected chi connectivity index (χ1v) is 6.55. The average Bonchev–Trinajstić information content (AvgIpc) is 2.84. The first-order valence-electron chi connectivity index (χ1n) is 6.14. The molecule has 0 amide bonds. The number of ether oxygens (including phenoxy) is 1. The van der Waals surface area contributed by atoms with Gasteiger partial charge in [-0.2, -0.15) is 0 Å². The van der Waals surface area contributed by atoms with E-state index in [-0.39, 0.29) is 6.23 Å². The molecular formula is C12H17N5OS. The smallest absolute Gasteiger partial charge is 0.191 e. The van der Waals surface area contributed by atoms with Gasteiger partial charge in [0.1, 0.15) is 0 Å². The van der Waals surface area contributed by atoms with Crippen LogP contribution in [0.25, 0.3) is 0 Å². The monoisotopic (exact) mass is 279 g/mol.